The summed E-state index contributed by atoms with van der Waals surface area (Å²) in [5.41, 5.74) is 13.6. The van der Waals surface area contributed by atoms with Gasteiger partial charge in [-0.1, -0.05) is 78.9 Å². The molecule has 9 rings (SSSR count). The molecule has 73 heavy (non-hydrogen) atoms. The minimum absolute atomic E-state index is 0.00437. The average molecular weight is 994 g/mol. The summed E-state index contributed by atoms with van der Waals surface area (Å²) in [6.07, 6.45) is 23.9. The first kappa shape index (κ1) is 52.7. The standard InChI is InChI=1S/C61H79N5O7/c1-39(69)34-65-51-28-50-17-15-43(31-61(50,32-51)33-56-54-18-20-63-35-48(54)23-45-11-6-19-64-60(45)56)22-52(70)29-53(71)25-49(37-67)55-30-58(73-38-68)57(72)26-46(55)24-47-36-66-59(62)27-44(47)16-14-42-10-5-9-41(21-42)13-12-40-7-3-2-4-8-40/h2-11,15,17,21,25-27,30,36,39,43,45,48,50-51,54,56,59-60,63-69,72H,12-14,16,18-20,22-24,28-29,31-35,37-38,62H2,1H3/b49-25+/t39-,43-,45-,48-,50-,51-,54-,56-,59?,60-,61+/m0/s1. The van der Waals surface area contributed by atoms with Crippen LogP contribution < -0.4 is 31.7 Å². The van der Waals surface area contributed by atoms with Gasteiger partial charge in [-0.05, 0) is 200 Å². The van der Waals surface area contributed by atoms with Crippen LogP contribution in [0.4, 0.5) is 0 Å². The monoisotopic (exact) mass is 994 g/mol. The number of aryl methyl sites for hydroxylation is 3. The van der Waals surface area contributed by atoms with Crippen molar-refractivity contribution in [3.63, 3.8) is 0 Å². The number of piperidine rings is 1. The second-order valence-electron chi connectivity index (χ2n) is 22.3. The molecule has 3 aromatic rings. The molecule has 0 bridgehead atoms. The van der Waals surface area contributed by atoms with Gasteiger partial charge < -0.3 is 52.2 Å². The molecule has 10 N–H and O–H groups in total. The first-order valence-electron chi connectivity index (χ1n) is 27.2. The fourth-order valence-electron chi connectivity index (χ4n) is 13.9. The maximum Gasteiger partial charge on any atom is 0.186 e. The predicted molar refractivity (Wildman–Crippen MR) is 287 cm³/mol. The minimum Gasteiger partial charge on any atom is -0.504 e. The molecule has 6 aliphatic rings. The Bertz CT molecular complexity index is 2550. The number of aliphatic hydroxyl groups excluding tert-OH is 3. The Morgan fingerprint density at radius 1 is 0.945 bits per heavy atom. The molecule has 3 aliphatic heterocycles. The van der Waals surface area contributed by atoms with Crippen molar-refractivity contribution in [2.75, 3.05) is 39.6 Å². The van der Waals surface area contributed by atoms with Crippen LogP contribution in [0.25, 0.3) is 5.57 Å². The van der Waals surface area contributed by atoms with Gasteiger partial charge in [-0.25, -0.2) is 0 Å². The van der Waals surface area contributed by atoms with Crippen LogP contribution in [0.5, 0.6) is 11.5 Å². The number of aliphatic hydroxyl groups is 3. The molecule has 0 aromatic heterocycles. The summed E-state index contributed by atoms with van der Waals surface area (Å²) in [6.45, 7) is 4.22. The predicted octanol–water partition coefficient (Wildman–Crippen LogP) is 6.77. The molecule has 1 unspecified atom stereocenters. The summed E-state index contributed by atoms with van der Waals surface area (Å²) in [4.78, 5) is 28.0. The maximum atomic E-state index is 14.1. The summed E-state index contributed by atoms with van der Waals surface area (Å²) in [5.74, 6) is 1.98. The molecule has 390 valence electrons. The van der Waals surface area contributed by atoms with E-state index >= 15 is 0 Å². The van der Waals surface area contributed by atoms with Gasteiger partial charge >= 0.3 is 0 Å². The van der Waals surface area contributed by atoms with E-state index in [1.165, 1.54) is 41.7 Å². The lowest BCUT2D eigenvalue weighted by molar-refractivity contribution is -0.125. The number of ether oxygens (including phenoxy) is 1. The molecule has 12 nitrogen and oxygen atoms in total. The molecule has 12 heteroatoms. The Balaban J connectivity index is 0.887. The molecule has 3 fully saturated rings. The van der Waals surface area contributed by atoms with Crippen molar-refractivity contribution in [3.8, 4) is 11.5 Å². The SMILES string of the molecule is C[C@H](O)CN[C@H]1C[C@@H]2C=C[C@@H](CC(=O)CC(=O)/C=C(\CO)c3cc(OCO)c(O)cc3CC3=CNC(N)C=C3CCc3cccc(CCc4ccccc4)c3)C[C@]2(C[C@H]2[C@H]3CCNC[C@@H]3C[C@@H]3C=CCN[C@H]23)C1. The van der Waals surface area contributed by atoms with Crippen LogP contribution in [0.2, 0.25) is 0 Å². The smallest absolute Gasteiger partial charge is 0.186 e. The number of fused-ring (bicyclic) bond motifs is 3. The van der Waals surface area contributed by atoms with E-state index in [0.717, 1.165) is 75.7 Å². The van der Waals surface area contributed by atoms with E-state index in [0.29, 0.717) is 66.1 Å². The van der Waals surface area contributed by atoms with E-state index in [2.05, 4.69) is 94.1 Å². The van der Waals surface area contributed by atoms with Gasteiger partial charge in [0.15, 0.2) is 24.1 Å². The zero-order chi connectivity index (χ0) is 50.9. The Morgan fingerprint density at radius 2 is 1.74 bits per heavy atom. The molecule has 0 amide bonds. The Hall–Kier alpha value is -5.18. The largest absolute Gasteiger partial charge is 0.504 e. The highest BCUT2D eigenvalue weighted by Gasteiger charge is 2.54. The highest BCUT2D eigenvalue weighted by atomic mass is 16.6. The van der Waals surface area contributed by atoms with Crippen LogP contribution in [-0.4, -0.2) is 95.9 Å². The lowest BCUT2D eigenvalue weighted by Gasteiger charge is -2.54. The number of aromatic hydroxyl groups is 1. The average Bonchev–Trinajstić information content (AvgIpc) is 3.75. The quantitative estimate of drug-likeness (QED) is 0.0222. The molecule has 0 spiro atoms. The highest BCUT2D eigenvalue weighted by molar-refractivity contribution is 6.08. The van der Waals surface area contributed by atoms with Crippen molar-refractivity contribution >= 4 is 17.1 Å². The fraction of sp³-hybridized carbons (Fsp3) is 0.508. The number of dihydropyridines is 1. The number of allylic oxidation sites excluding steroid dienone is 5. The number of phenolic OH excluding ortho intramolecular Hbond substituents is 1. The Labute approximate surface area is 432 Å². The first-order valence-corrected chi connectivity index (χ1v) is 27.2. The summed E-state index contributed by atoms with van der Waals surface area (Å²) in [7, 11) is 0. The summed E-state index contributed by atoms with van der Waals surface area (Å²) < 4.78 is 5.39. The number of nitrogens with one attached hydrogen (secondary N) is 4. The van der Waals surface area contributed by atoms with E-state index in [4.69, 9.17) is 10.5 Å². The van der Waals surface area contributed by atoms with Gasteiger partial charge in [0.2, 0.25) is 0 Å². The maximum absolute atomic E-state index is 14.1. The normalized spacial score (nSPS) is 29.0. The van der Waals surface area contributed by atoms with Crippen LogP contribution in [0.15, 0.2) is 121 Å². The van der Waals surface area contributed by atoms with Crippen LogP contribution in [0, 0.1) is 40.9 Å². The van der Waals surface area contributed by atoms with Crippen molar-refractivity contribution in [3.05, 3.63) is 148 Å². The summed E-state index contributed by atoms with van der Waals surface area (Å²) in [6, 6.07) is 23.0. The highest BCUT2D eigenvalue weighted by Crippen LogP contribution is 2.58. The third-order valence-corrected chi connectivity index (χ3v) is 17.1. The Kier molecular flexibility index (Phi) is 17.6. The zero-order valence-electron chi connectivity index (χ0n) is 42.7. The van der Waals surface area contributed by atoms with Crippen LogP contribution >= 0.6 is 0 Å². The van der Waals surface area contributed by atoms with Crippen LogP contribution in [0.1, 0.15) is 92.5 Å². The van der Waals surface area contributed by atoms with Crippen LogP contribution in [0.3, 0.4) is 0 Å². The van der Waals surface area contributed by atoms with Gasteiger partial charge in [0, 0.05) is 37.8 Å². The number of hydrogen-bond acceptors (Lipinski definition) is 12. The van der Waals surface area contributed by atoms with Gasteiger partial charge in [-0.2, -0.15) is 0 Å². The number of phenols is 1. The van der Waals surface area contributed by atoms with Gasteiger partial charge in [-0.15, -0.1) is 0 Å². The van der Waals surface area contributed by atoms with Crippen LogP contribution in [-0.2, 0) is 35.3 Å². The number of carbonyl (C=O) groups is 2. The molecule has 3 heterocycles. The van der Waals surface area contributed by atoms with Crippen molar-refractivity contribution in [2.24, 2.45) is 46.7 Å². The molecule has 3 aromatic carbocycles. The number of carbonyl (C=O) groups excluding carboxylic acids is 2. The topological polar surface area (TPSA) is 198 Å². The van der Waals surface area contributed by atoms with E-state index < -0.39 is 25.3 Å². The van der Waals surface area contributed by atoms with E-state index in [-0.39, 0.29) is 59.2 Å². The van der Waals surface area contributed by atoms with E-state index in [1.54, 1.807) is 6.07 Å². The lowest BCUT2D eigenvalue weighted by Crippen LogP contribution is -2.57. The van der Waals surface area contributed by atoms with Crippen molar-refractivity contribution < 1.29 is 34.8 Å². The summed E-state index contributed by atoms with van der Waals surface area (Å²) >= 11 is 0. The second kappa shape index (κ2) is 24.4. The van der Waals surface area contributed by atoms with Gasteiger partial charge in [0.25, 0.3) is 0 Å². The molecule has 0 radical (unpaired) electrons. The molecule has 3 aliphatic carbocycles. The third kappa shape index (κ3) is 13.2. The number of benzene rings is 3. The van der Waals surface area contributed by atoms with Gasteiger partial charge in [0.05, 0.1) is 25.3 Å². The molecule has 11 atom stereocenters. The zero-order valence-corrected chi connectivity index (χ0v) is 42.7. The van der Waals surface area contributed by atoms with E-state index in [1.807, 2.05) is 25.3 Å². The lowest BCUT2D eigenvalue weighted by atomic mass is 9.55. The number of rotatable bonds is 22. The van der Waals surface area contributed by atoms with Crippen molar-refractivity contribution in [1.29, 1.82) is 0 Å². The Morgan fingerprint density at radius 3 is 2.53 bits per heavy atom. The number of hydrogen-bond donors (Lipinski definition) is 9. The van der Waals surface area contributed by atoms with Gasteiger partial charge in [-0.3, -0.25) is 9.59 Å². The number of Topliss-reactive ketones (excluding diaryl/α,β-unsaturated/α-hetero) is 1. The number of nitrogens with two attached hydrogens (primary N) is 1. The van der Waals surface area contributed by atoms with E-state index in [9.17, 15) is 30.0 Å². The molecular formula is C61H79N5O7. The first-order chi connectivity index (χ1) is 35.4. The third-order valence-electron chi connectivity index (χ3n) is 17.1. The van der Waals surface area contributed by atoms with Gasteiger partial charge in [0.1, 0.15) is 5.78 Å². The second-order valence-corrected chi connectivity index (χ2v) is 22.3. The molecular weight excluding hydrogens is 915 g/mol. The molecule has 2 saturated carbocycles. The fourth-order valence-corrected chi connectivity index (χ4v) is 13.9. The minimum atomic E-state index is -0.684. The van der Waals surface area contributed by atoms with Crippen molar-refractivity contribution in [2.45, 2.75) is 115 Å². The number of ketones is 2. The summed E-state index contributed by atoms with van der Waals surface area (Å²) in [5, 5.41) is 56.5. The van der Waals surface area contributed by atoms with Crippen molar-refractivity contribution in [1.82, 2.24) is 21.3 Å². The molecule has 1 saturated heterocycles.